The third-order valence-electron chi connectivity index (χ3n) is 4.04. The fraction of sp³-hybridized carbons (Fsp3) is 0.769. The van der Waals surface area contributed by atoms with E-state index in [-0.39, 0.29) is 12.0 Å². The molecular weight excluding hydrogens is 337 g/mol. The molecule has 1 heterocycles. The van der Waals surface area contributed by atoms with Gasteiger partial charge in [-0.15, -0.1) is 0 Å². The van der Waals surface area contributed by atoms with E-state index in [2.05, 4.69) is 26.4 Å². The predicted molar refractivity (Wildman–Crippen MR) is 70.2 cm³/mol. The van der Waals surface area contributed by atoms with Gasteiger partial charge in [-0.1, -0.05) is 5.16 Å². The van der Waals surface area contributed by atoms with Gasteiger partial charge < -0.3 is 9.84 Å². The van der Waals surface area contributed by atoms with Gasteiger partial charge in [0.05, 0.1) is 0 Å². The highest BCUT2D eigenvalue weighted by Crippen LogP contribution is 2.43. The first-order chi connectivity index (χ1) is 9.42. The Morgan fingerprint density at radius 3 is 2.60 bits per heavy atom. The third kappa shape index (κ3) is 3.36. The van der Waals surface area contributed by atoms with Crippen LogP contribution in [0.1, 0.15) is 49.3 Å². The molecule has 2 saturated carbocycles. The molecule has 3 nitrogen and oxygen atoms in total. The van der Waals surface area contributed by atoms with Gasteiger partial charge in [0.2, 0.25) is 0 Å². The first-order valence-electron chi connectivity index (χ1n) is 6.86. The third-order valence-corrected chi connectivity index (χ3v) is 4.67. The molecule has 0 aromatic carbocycles. The Morgan fingerprint density at radius 1 is 1.30 bits per heavy atom. The molecule has 3 rings (SSSR count). The van der Waals surface area contributed by atoms with Crippen LogP contribution in [0.15, 0.2) is 9.13 Å². The topological polar surface area (TPSA) is 38.1 Å². The van der Waals surface area contributed by atoms with Crippen molar-refractivity contribution in [3.8, 4) is 0 Å². The zero-order chi connectivity index (χ0) is 14.3. The maximum Gasteiger partial charge on any atom is 0.389 e. The van der Waals surface area contributed by atoms with E-state index < -0.39 is 12.6 Å². The molecule has 2 aliphatic carbocycles. The van der Waals surface area contributed by atoms with Gasteiger partial charge in [0.25, 0.3) is 0 Å². The standard InChI is InChI=1S/C13H16BrF3N2O/c14-12-10(11(20-19-12)8-1-2-8)6-18-9-3-7(4-9)5-13(15,16)17/h7-9,18H,1-6H2. The first-order valence-corrected chi connectivity index (χ1v) is 7.65. The maximum atomic E-state index is 12.2. The van der Waals surface area contributed by atoms with Crippen LogP contribution in [0.5, 0.6) is 0 Å². The summed E-state index contributed by atoms with van der Waals surface area (Å²) in [7, 11) is 0. The molecule has 0 saturated heterocycles. The van der Waals surface area contributed by atoms with Crippen LogP contribution >= 0.6 is 15.9 Å². The van der Waals surface area contributed by atoms with Crippen LogP contribution < -0.4 is 5.32 Å². The van der Waals surface area contributed by atoms with Crippen LogP contribution in [0.2, 0.25) is 0 Å². The molecule has 112 valence electrons. The summed E-state index contributed by atoms with van der Waals surface area (Å²) in [6.45, 7) is 0.610. The number of hydrogen-bond donors (Lipinski definition) is 1. The summed E-state index contributed by atoms with van der Waals surface area (Å²) in [5.41, 5.74) is 1.02. The molecule has 0 radical (unpaired) electrons. The fourth-order valence-corrected chi connectivity index (χ4v) is 3.18. The smallest absolute Gasteiger partial charge is 0.360 e. The minimum atomic E-state index is -4.04. The van der Waals surface area contributed by atoms with Crippen LogP contribution in [0.4, 0.5) is 13.2 Å². The highest BCUT2D eigenvalue weighted by atomic mass is 79.9. The number of nitrogens with one attached hydrogen (secondary N) is 1. The Bertz CT molecular complexity index is 478. The molecule has 20 heavy (non-hydrogen) atoms. The number of hydrogen-bond acceptors (Lipinski definition) is 3. The van der Waals surface area contributed by atoms with Crippen molar-refractivity contribution in [2.75, 3.05) is 0 Å². The van der Waals surface area contributed by atoms with Crippen molar-refractivity contribution in [3.05, 3.63) is 15.9 Å². The molecule has 2 fully saturated rings. The van der Waals surface area contributed by atoms with Gasteiger partial charge in [-0.3, -0.25) is 0 Å². The Balaban J connectivity index is 1.46. The number of halogens is 4. The van der Waals surface area contributed by atoms with E-state index in [1.807, 2.05) is 0 Å². The Kier molecular flexibility index (Phi) is 3.83. The Hall–Kier alpha value is -0.560. The zero-order valence-corrected chi connectivity index (χ0v) is 12.4. The molecule has 0 amide bonds. The summed E-state index contributed by atoms with van der Waals surface area (Å²) < 4.78 is 42.7. The molecule has 7 heteroatoms. The average molecular weight is 353 g/mol. The summed E-state index contributed by atoms with van der Waals surface area (Å²) >= 11 is 3.36. The predicted octanol–water partition coefficient (Wildman–Crippen LogP) is 4.14. The second kappa shape index (κ2) is 5.33. The fourth-order valence-electron chi connectivity index (χ4n) is 2.77. The van der Waals surface area contributed by atoms with Gasteiger partial charge in [-0.05, 0) is 47.5 Å². The van der Waals surface area contributed by atoms with Crippen molar-refractivity contribution in [2.24, 2.45) is 5.92 Å². The second-order valence-corrected chi connectivity index (χ2v) is 6.58. The highest BCUT2D eigenvalue weighted by Gasteiger charge is 2.39. The van der Waals surface area contributed by atoms with E-state index in [0.29, 0.717) is 29.9 Å². The molecule has 0 atom stereocenters. The molecule has 2 aliphatic rings. The van der Waals surface area contributed by atoms with Crippen LogP contribution in [-0.4, -0.2) is 17.4 Å². The Morgan fingerprint density at radius 2 is 2.00 bits per heavy atom. The van der Waals surface area contributed by atoms with E-state index in [1.54, 1.807) is 0 Å². The lowest BCUT2D eigenvalue weighted by Gasteiger charge is -2.36. The summed E-state index contributed by atoms with van der Waals surface area (Å²) in [5.74, 6) is 1.18. The molecular formula is C13H16BrF3N2O. The average Bonchev–Trinajstić information content (AvgIpc) is 3.06. The van der Waals surface area contributed by atoms with Crippen LogP contribution in [-0.2, 0) is 6.54 Å². The number of nitrogens with zero attached hydrogens (tertiary/aromatic N) is 1. The van der Waals surface area contributed by atoms with Gasteiger partial charge in [-0.2, -0.15) is 13.2 Å². The molecule has 0 spiro atoms. The largest absolute Gasteiger partial charge is 0.389 e. The van der Waals surface area contributed by atoms with Crippen molar-refractivity contribution in [1.29, 1.82) is 0 Å². The SMILES string of the molecule is FC(F)(F)CC1CC(NCc2c(Br)noc2C2CC2)C1. The van der Waals surface area contributed by atoms with Gasteiger partial charge in [-0.25, -0.2) is 0 Å². The highest BCUT2D eigenvalue weighted by molar-refractivity contribution is 9.10. The minimum absolute atomic E-state index is 0.177. The van der Waals surface area contributed by atoms with Crippen LogP contribution in [0.25, 0.3) is 0 Å². The number of aromatic nitrogens is 1. The van der Waals surface area contributed by atoms with Crippen molar-refractivity contribution < 1.29 is 17.7 Å². The van der Waals surface area contributed by atoms with Crippen molar-refractivity contribution >= 4 is 15.9 Å². The summed E-state index contributed by atoms with van der Waals surface area (Å²) in [6, 6.07) is 0.177. The van der Waals surface area contributed by atoms with Gasteiger partial charge in [0.1, 0.15) is 5.76 Å². The lowest BCUT2D eigenvalue weighted by atomic mass is 9.78. The number of alkyl halides is 3. The van der Waals surface area contributed by atoms with E-state index in [9.17, 15) is 13.2 Å². The lowest BCUT2D eigenvalue weighted by Crippen LogP contribution is -2.42. The molecule has 1 aromatic heterocycles. The first kappa shape index (κ1) is 14.4. The molecule has 0 bridgehead atoms. The Labute approximate surface area is 123 Å². The minimum Gasteiger partial charge on any atom is -0.360 e. The van der Waals surface area contributed by atoms with E-state index in [0.717, 1.165) is 24.2 Å². The molecule has 0 unspecified atom stereocenters. The van der Waals surface area contributed by atoms with Crippen molar-refractivity contribution in [1.82, 2.24) is 10.5 Å². The molecule has 1 N–H and O–H groups in total. The summed E-state index contributed by atoms with van der Waals surface area (Å²) in [6.07, 6.45) is -1.23. The second-order valence-electron chi connectivity index (χ2n) is 5.83. The van der Waals surface area contributed by atoms with Crippen molar-refractivity contribution in [3.63, 3.8) is 0 Å². The molecule has 0 aliphatic heterocycles. The van der Waals surface area contributed by atoms with E-state index in [1.165, 1.54) is 0 Å². The maximum absolute atomic E-state index is 12.2. The summed E-state index contributed by atoms with van der Waals surface area (Å²) in [4.78, 5) is 0. The normalized spacial score (nSPS) is 26.6. The molecule has 1 aromatic rings. The quantitative estimate of drug-likeness (QED) is 0.865. The van der Waals surface area contributed by atoms with E-state index in [4.69, 9.17) is 4.52 Å². The number of rotatable bonds is 5. The van der Waals surface area contributed by atoms with Crippen LogP contribution in [0.3, 0.4) is 0 Å². The van der Waals surface area contributed by atoms with Crippen LogP contribution in [0, 0.1) is 5.92 Å². The van der Waals surface area contributed by atoms with Crippen molar-refractivity contribution in [2.45, 2.75) is 56.8 Å². The monoisotopic (exact) mass is 352 g/mol. The summed E-state index contributed by atoms with van der Waals surface area (Å²) in [5, 5.41) is 7.22. The van der Waals surface area contributed by atoms with E-state index >= 15 is 0 Å². The van der Waals surface area contributed by atoms with Gasteiger partial charge in [0, 0.05) is 30.5 Å². The zero-order valence-electron chi connectivity index (χ0n) is 10.8. The van der Waals surface area contributed by atoms with Gasteiger partial charge >= 0.3 is 6.18 Å². The van der Waals surface area contributed by atoms with Gasteiger partial charge in [0.15, 0.2) is 4.60 Å². The lowest BCUT2D eigenvalue weighted by molar-refractivity contribution is -0.151.